The molecular weight excluding hydrogens is 282 g/mol. The van der Waals surface area contributed by atoms with Gasteiger partial charge < -0.3 is 30.5 Å². The Bertz CT molecular complexity index is 259. The van der Waals surface area contributed by atoms with Crippen molar-refractivity contribution in [3.63, 3.8) is 0 Å². The van der Waals surface area contributed by atoms with E-state index < -0.39 is 29.9 Å². The summed E-state index contributed by atoms with van der Waals surface area (Å²) in [6.07, 6.45) is 0.266. The maximum absolute atomic E-state index is 9.92. The average Bonchev–Trinajstić information content (AvgIpc) is 2.45. The summed E-state index contributed by atoms with van der Waals surface area (Å²) in [4.78, 5) is 0. The molecule has 0 unspecified atom stereocenters. The zero-order chi connectivity index (χ0) is 15.0. The Balaban J connectivity index is 2.32. The Hall–Kier alpha value is 0.110. The molecule has 120 valence electrons. The van der Waals surface area contributed by atoms with E-state index in [1.807, 2.05) is 0 Å². The third-order valence-corrected chi connectivity index (χ3v) is 4.62. The van der Waals surface area contributed by atoms with Crippen molar-refractivity contribution < 1.29 is 24.8 Å². The quantitative estimate of drug-likeness (QED) is 0.433. The molecule has 6 nitrogen and oxygen atoms in total. The molecule has 5 atom stereocenters. The number of unbranched alkanes of at least 4 members (excludes halogenated alkanes) is 3. The second-order valence-electron chi connectivity index (χ2n) is 5.04. The Morgan fingerprint density at radius 3 is 2.40 bits per heavy atom. The van der Waals surface area contributed by atoms with Gasteiger partial charge >= 0.3 is 0 Å². The molecule has 20 heavy (non-hydrogen) atoms. The Morgan fingerprint density at radius 1 is 1.05 bits per heavy atom. The van der Waals surface area contributed by atoms with Crippen LogP contribution in [0.15, 0.2) is 0 Å². The van der Waals surface area contributed by atoms with Crippen LogP contribution in [0.25, 0.3) is 0 Å². The van der Waals surface area contributed by atoms with E-state index in [9.17, 15) is 15.3 Å². The molecule has 0 amide bonds. The van der Waals surface area contributed by atoms with Crippen LogP contribution in [0.5, 0.6) is 0 Å². The molecule has 0 spiro atoms. The van der Waals surface area contributed by atoms with Crippen LogP contribution < -0.4 is 5.73 Å². The molecule has 0 saturated carbocycles. The summed E-state index contributed by atoms with van der Waals surface area (Å²) < 4.78 is 10.6. The van der Waals surface area contributed by atoms with E-state index in [4.69, 9.17) is 15.2 Å². The smallest absolute Gasteiger partial charge is 0.132 e. The van der Waals surface area contributed by atoms with E-state index in [0.29, 0.717) is 0 Å². The summed E-state index contributed by atoms with van der Waals surface area (Å²) in [6, 6.07) is 0. The number of methoxy groups -OCH3 is 1. The number of aliphatic hydroxyl groups excluding tert-OH is 3. The minimum Gasteiger partial charge on any atom is -0.387 e. The summed E-state index contributed by atoms with van der Waals surface area (Å²) in [5.74, 6) is 0.842. The topological polar surface area (TPSA) is 105 Å². The van der Waals surface area contributed by atoms with Crippen LogP contribution in [0.2, 0.25) is 0 Å². The van der Waals surface area contributed by atoms with Crippen LogP contribution in [0.3, 0.4) is 0 Å². The van der Waals surface area contributed by atoms with Crippen LogP contribution >= 0.6 is 11.8 Å². The summed E-state index contributed by atoms with van der Waals surface area (Å²) in [6.45, 7) is 0.916. The highest BCUT2D eigenvalue weighted by atomic mass is 32.2. The van der Waals surface area contributed by atoms with E-state index in [-0.39, 0.29) is 6.61 Å². The maximum atomic E-state index is 9.92. The van der Waals surface area contributed by atoms with Gasteiger partial charge in [0.25, 0.3) is 0 Å². The fourth-order valence-electron chi connectivity index (χ4n) is 2.16. The predicted octanol–water partition coefficient (Wildman–Crippen LogP) is -0.307. The summed E-state index contributed by atoms with van der Waals surface area (Å²) in [5.41, 5.74) is 4.90. The molecule has 0 aliphatic carbocycles. The number of hydrogen-bond acceptors (Lipinski definition) is 7. The van der Waals surface area contributed by atoms with Gasteiger partial charge in [-0.15, -0.1) is 11.8 Å². The Morgan fingerprint density at radius 2 is 1.75 bits per heavy atom. The van der Waals surface area contributed by atoms with Crippen molar-refractivity contribution >= 4 is 11.8 Å². The van der Waals surface area contributed by atoms with Gasteiger partial charge in [0.2, 0.25) is 0 Å². The standard InChI is InChI=1S/C13H27NO5S/c1-18-8-9-10(15)11(16)12(17)13(19-9)20-7-5-3-2-4-6-14/h9-13,15-17H,2-8,14H2,1H3/t9-,10-,11+,12+,13-/m1/s1. The van der Waals surface area contributed by atoms with Crippen LogP contribution in [-0.4, -0.2) is 71.2 Å². The van der Waals surface area contributed by atoms with E-state index in [1.54, 1.807) is 0 Å². The average molecular weight is 309 g/mol. The molecule has 0 bridgehead atoms. The molecule has 1 heterocycles. The van der Waals surface area contributed by atoms with Crippen LogP contribution in [0.4, 0.5) is 0 Å². The highest BCUT2D eigenvalue weighted by molar-refractivity contribution is 7.99. The molecule has 0 aromatic carbocycles. The molecule has 0 aromatic rings. The van der Waals surface area contributed by atoms with Gasteiger partial charge in [-0.2, -0.15) is 0 Å². The first kappa shape index (κ1) is 18.2. The first-order valence-corrected chi connectivity index (χ1v) is 8.17. The van der Waals surface area contributed by atoms with Gasteiger partial charge in [-0.25, -0.2) is 0 Å². The molecule has 1 saturated heterocycles. The second-order valence-corrected chi connectivity index (χ2v) is 6.25. The number of nitrogens with two attached hydrogens (primary N) is 1. The fraction of sp³-hybridized carbons (Fsp3) is 1.00. The lowest BCUT2D eigenvalue weighted by Crippen LogP contribution is -2.57. The number of aliphatic hydroxyl groups is 3. The van der Waals surface area contributed by atoms with Gasteiger partial charge in [0, 0.05) is 7.11 Å². The highest BCUT2D eigenvalue weighted by Gasteiger charge is 2.43. The largest absolute Gasteiger partial charge is 0.387 e. The molecular formula is C13H27NO5S. The Labute approximate surface area is 124 Å². The van der Waals surface area contributed by atoms with Gasteiger partial charge in [0.15, 0.2) is 0 Å². The number of thioether (sulfide) groups is 1. The van der Waals surface area contributed by atoms with Crippen molar-refractivity contribution in [1.29, 1.82) is 0 Å². The molecule has 1 rings (SSSR count). The monoisotopic (exact) mass is 309 g/mol. The first-order valence-electron chi connectivity index (χ1n) is 7.12. The van der Waals surface area contributed by atoms with E-state index in [0.717, 1.165) is 38.0 Å². The van der Waals surface area contributed by atoms with Crippen molar-refractivity contribution in [2.75, 3.05) is 26.0 Å². The van der Waals surface area contributed by atoms with Crippen molar-refractivity contribution in [3.05, 3.63) is 0 Å². The van der Waals surface area contributed by atoms with Crippen molar-refractivity contribution in [2.24, 2.45) is 5.73 Å². The lowest BCUT2D eigenvalue weighted by molar-refractivity contribution is -0.207. The van der Waals surface area contributed by atoms with Gasteiger partial charge in [0.1, 0.15) is 29.9 Å². The van der Waals surface area contributed by atoms with Gasteiger partial charge in [-0.05, 0) is 25.1 Å². The normalized spacial score (nSPS) is 34.4. The van der Waals surface area contributed by atoms with Crippen molar-refractivity contribution in [3.8, 4) is 0 Å². The zero-order valence-corrected chi connectivity index (χ0v) is 12.8. The SMILES string of the molecule is COC[C@H]1O[C@H](SCCCCCCN)[C@@H](O)[C@@H](O)[C@@H]1O. The minimum atomic E-state index is -1.20. The third-order valence-electron chi connectivity index (χ3n) is 3.38. The summed E-state index contributed by atoms with van der Waals surface area (Å²) >= 11 is 1.47. The number of rotatable bonds is 9. The lowest BCUT2D eigenvalue weighted by Gasteiger charge is -2.40. The molecule has 1 aliphatic heterocycles. The van der Waals surface area contributed by atoms with Gasteiger partial charge in [-0.3, -0.25) is 0 Å². The number of hydrogen-bond donors (Lipinski definition) is 4. The first-order chi connectivity index (χ1) is 9.61. The van der Waals surface area contributed by atoms with E-state index in [1.165, 1.54) is 18.9 Å². The third kappa shape index (κ3) is 5.48. The molecule has 7 heteroatoms. The number of ether oxygens (including phenoxy) is 2. The zero-order valence-electron chi connectivity index (χ0n) is 12.0. The van der Waals surface area contributed by atoms with Crippen molar-refractivity contribution in [1.82, 2.24) is 0 Å². The van der Waals surface area contributed by atoms with Crippen LogP contribution in [0, 0.1) is 0 Å². The van der Waals surface area contributed by atoms with Crippen LogP contribution in [-0.2, 0) is 9.47 Å². The lowest BCUT2D eigenvalue weighted by atomic mass is 10.0. The molecule has 1 aliphatic rings. The van der Waals surface area contributed by atoms with Crippen molar-refractivity contribution in [2.45, 2.75) is 55.5 Å². The van der Waals surface area contributed by atoms with E-state index in [2.05, 4.69) is 0 Å². The van der Waals surface area contributed by atoms with E-state index >= 15 is 0 Å². The molecule has 0 aromatic heterocycles. The highest BCUT2D eigenvalue weighted by Crippen LogP contribution is 2.29. The summed E-state index contributed by atoms with van der Waals surface area (Å²) in [5, 5.41) is 29.5. The van der Waals surface area contributed by atoms with Gasteiger partial charge in [0.05, 0.1) is 6.61 Å². The predicted molar refractivity (Wildman–Crippen MR) is 78.5 cm³/mol. The summed E-state index contributed by atoms with van der Waals surface area (Å²) in [7, 11) is 1.51. The second kappa shape index (κ2) is 9.94. The van der Waals surface area contributed by atoms with Crippen LogP contribution in [0.1, 0.15) is 25.7 Å². The molecule has 5 N–H and O–H groups in total. The minimum absolute atomic E-state index is 0.193. The van der Waals surface area contributed by atoms with Gasteiger partial charge in [-0.1, -0.05) is 12.8 Å². The maximum Gasteiger partial charge on any atom is 0.132 e. The fourth-order valence-corrected chi connectivity index (χ4v) is 3.34. The molecule has 1 fully saturated rings. The molecule has 0 radical (unpaired) electrons. The Kier molecular flexibility index (Phi) is 9.03.